The Bertz CT molecular complexity index is 503. The molecule has 21 heavy (non-hydrogen) atoms. The van der Waals surface area contributed by atoms with Crippen LogP contribution in [0.5, 0.6) is 0 Å². The first kappa shape index (κ1) is 18.2. The molecule has 1 atom stereocenters. The summed E-state index contributed by atoms with van der Waals surface area (Å²) in [5.74, 6) is -0.411. The quantitative estimate of drug-likeness (QED) is 0.617. The number of nitrogens with one attached hydrogen (secondary N) is 2. The summed E-state index contributed by atoms with van der Waals surface area (Å²) < 4.78 is 36.0. The van der Waals surface area contributed by atoms with Crippen LogP contribution in [0, 0.1) is 0 Å². The van der Waals surface area contributed by atoms with Crippen LogP contribution in [0.2, 0.25) is 0 Å². The zero-order valence-corrected chi connectivity index (χ0v) is 13.0. The Morgan fingerprint density at radius 3 is 2.38 bits per heavy atom. The molecule has 0 spiro atoms. The lowest BCUT2D eigenvalue weighted by atomic mass is 10.2. The first-order valence-corrected chi connectivity index (χ1v) is 6.97. The Morgan fingerprint density at radius 2 is 1.90 bits per heavy atom. The Kier molecular flexibility index (Phi) is 6.01. The molecular weight excluding hydrogens is 351 g/mol. The molecule has 0 aliphatic heterocycles. The topological polar surface area (TPSA) is 41.1 Å². The average molecular weight is 364 g/mol. The van der Waals surface area contributed by atoms with Gasteiger partial charge in [-0.1, -0.05) is 47.8 Å². The third kappa shape index (κ3) is 5.80. The number of amides is 1. The van der Waals surface area contributed by atoms with Crippen molar-refractivity contribution in [2.24, 2.45) is 0 Å². The van der Waals surface area contributed by atoms with Crippen LogP contribution in [0.25, 0.3) is 0 Å². The van der Waals surface area contributed by atoms with Gasteiger partial charge >= 0.3 is 6.18 Å². The van der Waals surface area contributed by atoms with Crippen molar-refractivity contribution in [1.82, 2.24) is 5.32 Å². The van der Waals surface area contributed by atoms with Crippen LogP contribution in [0.4, 0.5) is 18.9 Å². The molecule has 1 aromatic rings. The minimum atomic E-state index is -4.49. The molecule has 3 nitrogen and oxygen atoms in total. The molecule has 1 aromatic carbocycles. The molecule has 0 heterocycles. The van der Waals surface area contributed by atoms with Gasteiger partial charge in [-0.3, -0.25) is 4.79 Å². The van der Waals surface area contributed by atoms with Gasteiger partial charge < -0.3 is 10.6 Å². The number of carbonyl (C=O) groups is 1. The van der Waals surface area contributed by atoms with E-state index in [9.17, 15) is 18.0 Å². The van der Waals surface area contributed by atoms with Crippen molar-refractivity contribution in [2.75, 3.05) is 5.32 Å². The first-order chi connectivity index (χ1) is 9.54. The Labute approximate surface area is 134 Å². The molecule has 1 amide bonds. The van der Waals surface area contributed by atoms with Crippen molar-refractivity contribution in [1.29, 1.82) is 0 Å². The van der Waals surface area contributed by atoms with Gasteiger partial charge in [0, 0.05) is 12.1 Å². The normalized spacial score (nSPS) is 13.7. The summed E-state index contributed by atoms with van der Waals surface area (Å²) in [7, 11) is 0. The van der Waals surface area contributed by atoms with E-state index in [1.807, 2.05) is 0 Å². The van der Waals surface area contributed by atoms with Crippen LogP contribution in [0.15, 0.2) is 24.3 Å². The highest BCUT2D eigenvalue weighted by molar-refractivity contribution is 6.68. The van der Waals surface area contributed by atoms with Crippen molar-refractivity contribution >= 4 is 46.4 Å². The van der Waals surface area contributed by atoms with Gasteiger partial charge in [-0.2, -0.15) is 13.2 Å². The van der Waals surface area contributed by atoms with Crippen LogP contribution in [-0.4, -0.2) is 15.9 Å². The zero-order valence-electron chi connectivity index (χ0n) is 10.8. The summed E-state index contributed by atoms with van der Waals surface area (Å²) in [6.45, 7) is 1.59. The molecule has 118 valence electrons. The van der Waals surface area contributed by atoms with E-state index in [0.717, 1.165) is 12.1 Å². The summed E-state index contributed by atoms with van der Waals surface area (Å²) >= 11 is 17.1. The largest absolute Gasteiger partial charge is 0.416 e. The minimum absolute atomic E-state index is 0.0672. The third-order valence-corrected chi connectivity index (χ3v) is 3.11. The van der Waals surface area contributed by atoms with Crippen LogP contribution < -0.4 is 10.6 Å². The van der Waals surface area contributed by atoms with Gasteiger partial charge in [0.25, 0.3) is 0 Å². The fourth-order valence-electron chi connectivity index (χ4n) is 1.41. The highest BCUT2D eigenvalue weighted by atomic mass is 35.6. The number of hydrogen-bond acceptors (Lipinski definition) is 2. The first-order valence-electron chi connectivity index (χ1n) is 5.84. The third-order valence-electron chi connectivity index (χ3n) is 2.45. The van der Waals surface area contributed by atoms with Crippen LogP contribution in [0.3, 0.4) is 0 Å². The van der Waals surface area contributed by atoms with Crippen molar-refractivity contribution < 1.29 is 18.0 Å². The van der Waals surface area contributed by atoms with Crippen molar-refractivity contribution in [3.63, 3.8) is 0 Å². The molecular formula is C12H12Cl3F3N2O. The number of halogens is 6. The van der Waals surface area contributed by atoms with E-state index in [1.165, 1.54) is 12.1 Å². The monoisotopic (exact) mass is 362 g/mol. The molecule has 1 unspecified atom stereocenters. The molecule has 1 rings (SSSR count). The SMILES string of the molecule is CCC(=O)NC(Nc1cccc(C(F)(F)F)c1)C(Cl)(Cl)Cl. The van der Waals surface area contributed by atoms with E-state index in [0.29, 0.717) is 0 Å². The number of benzene rings is 1. The zero-order chi connectivity index (χ0) is 16.3. The van der Waals surface area contributed by atoms with Gasteiger partial charge in [0.1, 0.15) is 6.17 Å². The van der Waals surface area contributed by atoms with E-state index in [4.69, 9.17) is 34.8 Å². The van der Waals surface area contributed by atoms with Gasteiger partial charge in [0.2, 0.25) is 9.70 Å². The number of alkyl halides is 6. The molecule has 0 saturated carbocycles. The van der Waals surface area contributed by atoms with Crippen molar-refractivity contribution in [3.8, 4) is 0 Å². The number of hydrogen-bond donors (Lipinski definition) is 2. The number of rotatable bonds is 4. The maximum absolute atomic E-state index is 12.6. The maximum atomic E-state index is 12.6. The highest BCUT2D eigenvalue weighted by Crippen LogP contribution is 2.33. The predicted molar refractivity (Wildman–Crippen MR) is 77.6 cm³/mol. The molecule has 0 fully saturated rings. The Morgan fingerprint density at radius 1 is 1.29 bits per heavy atom. The molecule has 9 heteroatoms. The molecule has 0 radical (unpaired) electrons. The molecule has 0 aliphatic carbocycles. The molecule has 0 aliphatic rings. The standard InChI is InChI=1S/C12H12Cl3F3N2O/c1-2-9(21)20-10(11(13,14)15)19-8-5-3-4-7(6-8)12(16,17)18/h3-6,10,19H,2H2,1H3,(H,20,21). The molecule has 0 aromatic heterocycles. The van der Waals surface area contributed by atoms with Crippen molar-refractivity contribution in [3.05, 3.63) is 29.8 Å². The summed E-state index contributed by atoms with van der Waals surface area (Å²) in [6.07, 6.45) is -5.51. The lowest BCUT2D eigenvalue weighted by molar-refractivity contribution is -0.137. The van der Waals surface area contributed by atoms with Crippen LogP contribution in [-0.2, 0) is 11.0 Å². The minimum Gasteiger partial charge on any atom is -0.362 e. The van der Waals surface area contributed by atoms with Gasteiger partial charge in [0.05, 0.1) is 5.56 Å². The smallest absolute Gasteiger partial charge is 0.362 e. The second-order valence-electron chi connectivity index (χ2n) is 4.12. The second-order valence-corrected chi connectivity index (χ2v) is 6.49. The number of anilines is 1. The second kappa shape index (κ2) is 6.94. The molecule has 2 N–H and O–H groups in total. The summed E-state index contributed by atoms with van der Waals surface area (Å²) in [6, 6.07) is 4.36. The van der Waals surface area contributed by atoms with E-state index < -0.39 is 27.6 Å². The predicted octanol–water partition coefficient (Wildman–Crippen LogP) is 4.34. The Balaban J connectivity index is 2.96. The van der Waals surface area contributed by atoms with Gasteiger partial charge in [0.15, 0.2) is 0 Å². The van der Waals surface area contributed by atoms with E-state index in [-0.39, 0.29) is 12.1 Å². The summed E-state index contributed by atoms with van der Waals surface area (Å²) in [5.41, 5.74) is -0.782. The van der Waals surface area contributed by atoms with Crippen LogP contribution >= 0.6 is 34.8 Å². The average Bonchev–Trinajstić information content (AvgIpc) is 2.36. The molecule has 0 saturated heterocycles. The summed E-state index contributed by atoms with van der Waals surface area (Å²) in [4.78, 5) is 11.4. The molecule has 0 bridgehead atoms. The van der Waals surface area contributed by atoms with Crippen LogP contribution in [0.1, 0.15) is 18.9 Å². The fraction of sp³-hybridized carbons (Fsp3) is 0.417. The lowest BCUT2D eigenvalue weighted by Crippen LogP contribution is -2.48. The van der Waals surface area contributed by atoms with E-state index in [1.54, 1.807) is 6.92 Å². The van der Waals surface area contributed by atoms with E-state index >= 15 is 0 Å². The number of carbonyl (C=O) groups excluding carboxylic acids is 1. The summed E-state index contributed by atoms with van der Waals surface area (Å²) in [5, 5.41) is 4.96. The van der Waals surface area contributed by atoms with Gasteiger partial charge in [-0.15, -0.1) is 0 Å². The Hall–Kier alpha value is -0.850. The maximum Gasteiger partial charge on any atom is 0.416 e. The fourth-order valence-corrected chi connectivity index (χ4v) is 1.74. The van der Waals surface area contributed by atoms with Gasteiger partial charge in [-0.25, -0.2) is 0 Å². The van der Waals surface area contributed by atoms with Gasteiger partial charge in [-0.05, 0) is 18.2 Å². The van der Waals surface area contributed by atoms with E-state index in [2.05, 4.69) is 10.6 Å². The van der Waals surface area contributed by atoms with Crippen molar-refractivity contribution in [2.45, 2.75) is 29.5 Å². The highest BCUT2D eigenvalue weighted by Gasteiger charge is 2.35. The lowest BCUT2D eigenvalue weighted by Gasteiger charge is -2.27.